The molecule has 126 valence electrons. The predicted octanol–water partition coefficient (Wildman–Crippen LogP) is 3.62. The summed E-state index contributed by atoms with van der Waals surface area (Å²) < 4.78 is 10.1. The van der Waals surface area contributed by atoms with Crippen molar-refractivity contribution in [2.75, 3.05) is 24.8 Å². The summed E-state index contributed by atoms with van der Waals surface area (Å²) in [6.07, 6.45) is 1.91. The van der Waals surface area contributed by atoms with Gasteiger partial charge >= 0.3 is 5.97 Å². The summed E-state index contributed by atoms with van der Waals surface area (Å²) in [5, 5.41) is 3.21. The zero-order valence-electron chi connectivity index (χ0n) is 13.0. The van der Waals surface area contributed by atoms with Crippen LogP contribution in [-0.2, 0) is 14.3 Å². The van der Waals surface area contributed by atoms with Crippen LogP contribution in [0, 0.1) is 0 Å². The van der Waals surface area contributed by atoms with Gasteiger partial charge in [-0.25, -0.2) is 4.79 Å². The Labute approximate surface area is 149 Å². The molecule has 0 aliphatic rings. The molecule has 0 atom stereocenters. The number of hydrogen-bond donors (Lipinski definition) is 1. The number of halogens is 1. The van der Waals surface area contributed by atoms with Gasteiger partial charge in [-0.2, -0.15) is 0 Å². The van der Waals surface area contributed by atoms with E-state index >= 15 is 0 Å². The lowest BCUT2D eigenvalue weighted by Crippen LogP contribution is -2.23. The molecular weight excluding hydrogens is 350 g/mol. The van der Waals surface area contributed by atoms with Crippen LogP contribution in [0.5, 0.6) is 5.75 Å². The topological polar surface area (TPSA) is 64.6 Å². The van der Waals surface area contributed by atoms with Crippen molar-refractivity contribution in [3.05, 3.63) is 53.6 Å². The van der Waals surface area contributed by atoms with Crippen molar-refractivity contribution in [1.82, 2.24) is 0 Å². The van der Waals surface area contributed by atoms with E-state index in [1.807, 2.05) is 24.5 Å². The molecule has 7 heteroatoms. The first-order valence-electron chi connectivity index (χ1n) is 7.05. The molecule has 5 nitrogen and oxygen atoms in total. The van der Waals surface area contributed by atoms with Crippen LogP contribution in [0.25, 0.3) is 0 Å². The summed E-state index contributed by atoms with van der Waals surface area (Å²) >= 11 is 7.33. The van der Waals surface area contributed by atoms with Crippen LogP contribution in [0.1, 0.15) is 0 Å². The number of ether oxygens (including phenoxy) is 2. The van der Waals surface area contributed by atoms with Gasteiger partial charge in [0.1, 0.15) is 5.75 Å². The largest absolute Gasteiger partial charge is 0.482 e. The van der Waals surface area contributed by atoms with Crippen molar-refractivity contribution < 1.29 is 19.1 Å². The maximum Gasteiger partial charge on any atom is 0.344 e. The van der Waals surface area contributed by atoms with Gasteiger partial charge in [0, 0.05) is 9.92 Å². The molecule has 0 aliphatic carbocycles. The van der Waals surface area contributed by atoms with Gasteiger partial charge in [-0.1, -0.05) is 29.8 Å². The maximum atomic E-state index is 11.8. The second kappa shape index (κ2) is 9.20. The molecule has 24 heavy (non-hydrogen) atoms. The zero-order chi connectivity index (χ0) is 17.4. The van der Waals surface area contributed by atoms with E-state index in [-0.39, 0.29) is 13.2 Å². The van der Waals surface area contributed by atoms with E-state index in [1.165, 1.54) is 11.8 Å². The Balaban J connectivity index is 1.76. The Hall–Kier alpha value is -2.18. The van der Waals surface area contributed by atoms with Crippen LogP contribution in [0.2, 0.25) is 5.02 Å². The Morgan fingerprint density at radius 3 is 2.67 bits per heavy atom. The van der Waals surface area contributed by atoms with Gasteiger partial charge in [-0.15, -0.1) is 11.8 Å². The van der Waals surface area contributed by atoms with Crippen molar-refractivity contribution in [2.45, 2.75) is 4.90 Å². The average molecular weight is 366 g/mol. The van der Waals surface area contributed by atoms with Gasteiger partial charge in [-0.3, -0.25) is 4.79 Å². The van der Waals surface area contributed by atoms with Crippen molar-refractivity contribution in [2.24, 2.45) is 0 Å². The Bertz CT molecular complexity index is 723. The molecule has 0 unspecified atom stereocenters. The number of anilines is 1. The fraction of sp³-hybridized carbons (Fsp3) is 0.176. The summed E-state index contributed by atoms with van der Waals surface area (Å²) in [6, 6.07) is 14.0. The molecule has 0 aromatic heterocycles. The highest BCUT2D eigenvalue weighted by atomic mass is 35.5. The molecule has 0 heterocycles. The molecule has 0 aliphatic heterocycles. The van der Waals surface area contributed by atoms with Crippen LogP contribution < -0.4 is 10.1 Å². The van der Waals surface area contributed by atoms with E-state index in [4.69, 9.17) is 21.1 Å². The summed E-state index contributed by atoms with van der Waals surface area (Å²) in [5.74, 6) is -0.589. The molecule has 0 radical (unpaired) electrons. The molecule has 2 aromatic rings. The first-order valence-corrected chi connectivity index (χ1v) is 8.65. The molecule has 0 bridgehead atoms. The first kappa shape index (κ1) is 18.2. The number of nitrogens with one attached hydrogen (secondary N) is 1. The van der Waals surface area contributed by atoms with Gasteiger partial charge in [0.05, 0.1) is 5.69 Å². The van der Waals surface area contributed by atoms with Crippen LogP contribution >= 0.6 is 23.4 Å². The smallest absolute Gasteiger partial charge is 0.344 e. The molecule has 1 N–H and O–H groups in total. The zero-order valence-corrected chi connectivity index (χ0v) is 14.5. The van der Waals surface area contributed by atoms with Gasteiger partial charge in [0.25, 0.3) is 5.91 Å². The number of esters is 1. The Morgan fingerprint density at radius 1 is 1.12 bits per heavy atom. The summed E-state index contributed by atoms with van der Waals surface area (Å²) in [7, 11) is 0. The molecule has 0 saturated carbocycles. The second-order valence-corrected chi connectivity index (χ2v) is 5.94. The van der Waals surface area contributed by atoms with Crippen molar-refractivity contribution in [3.63, 3.8) is 0 Å². The third-order valence-corrected chi connectivity index (χ3v) is 3.93. The van der Waals surface area contributed by atoms with E-state index in [0.717, 1.165) is 4.90 Å². The van der Waals surface area contributed by atoms with Gasteiger partial charge < -0.3 is 14.8 Å². The molecule has 1 amide bonds. The fourth-order valence-electron chi connectivity index (χ4n) is 1.82. The normalized spacial score (nSPS) is 10.1. The molecular formula is C17H16ClNO4S. The fourth-order valence-corrected chi connectivity index (χ4v) is 2.55. The van der Waals surface area contributed by atoms with Gasteiger partial charge in [-0.05, 0) is 36.6 Å². The average Bonchev–Trinajstić information content (AvgIpc) is 2.58. The quantitative estimate of drug-likeness (QED) is 0.599. The van der Waals surface area contributed by atoms with Crippen LogP contribution in [0.4, 0.5) is 5.69 Å². The monoisotopic (exact) mass is 365 g/mol. The van der Waals surface area contributed by atoms with Crippen molar-refractivity contribution >= 4 is 40.9 Å². The third-order valence-electron chi connectivity index (χ3n) is 2.90. The number of carbonyl (C=O) groups excluding carboxylic acids is 2. The summed E-state index contributed by atoms with van der Waals surface area (Å²) in [6.45, 7) is -0.671. The summed E-state index contributed by atoms with van der Waals surface area (Å²) in [4.78, 5) is 24.4. The number of hydrogen-bond acceptors (Lipinski definition) is 5. The lowest BCUT2D eigenvalue weighted by molar-refractivity contribution is -0.149. The minimum absolute atomic E-state index is 0.297. The second-order valence-electron chi connectivity index (χ2n) is 4.66. The number of amides is 1. The number of benzene rings is 2. The standard InChI is InChI=1S/C17H16ClNO4S/c1-24-15-8-3-2-7-14(15)19-16(20)10-23-17(21)11-22-13-6-4-5-12(18)9-13/h2-9H,10-11H2,1H3,(H,19,20). The minimum Gasteiger partial charge on any atom is -0.482 e. The maximum absolute atomic E-state index is 11.8. The number of rotatable bonds is 7. The van der Waals surface area contributed by atoms with E-state index in [9.17, 15) is 9.59 Å². The van der Waals surface area contributed by atoms with Gasteiger partial charge in [0.2, 0.25) is 0 Å². The molecule has 2 rings (SSSR count). The molecule has 0 spiro atoms. The number of para-hydroxylation sites is 1. The van der Waals surface area contributed by atoms with E-state index in [1.54, 1.807) is 30.3 Å². The van der Waals surface area contributed by atoms with Crippen LogP contribution in [-0.4, -0.2) is 31.3 Å². The van der Waals surface area contributed by atoms with E-state index < -0.39 is 11.9 Å². The lowest BCUT2D eigenvalue weighted by atomic mass is 10.3. The van der Waals surface area contributed by atoms with Crippen LogP contribution in [0.15, 0.2) is 53.4 Å². The van der Waals surface area contributed by atoms with E-state index in [0.29, 0.717) is 16.5 Å². The SMILES string of the molecule is CSc1ccccc1NC(=O)COC(=O)COc1cccc(Cl)c1. The predicted molar refractivity (Wildman–Crippen MR) is 94.8 cm³/mol. The van der Waals surface area contributed by atoms with Crippen molar-refractivity contribution in [3.8, 4) is 5.75 Å². The molecule has 0 fully saturated rings. The van der Waals surface area contributed by atoms with E-state index in [2.05, 4.69) is 5.32 Å². The van der Waals surface area contributed by atoms with Crippen LogP contribution in [0.3, 0.4) is 0 Å². The van der Waals surface area contributed by atoms with Crippen molar-refractivity contribution in [1.29, 1.82) is 0 Å². The van der Waals surface area contributed by atoms with Gasteiger partial charge in [0.15, 0.2) is 13.2 Å². The number of carbonyl (C=O) groups is 2. The number of thioether (sulfide) groups is 1. The Kier molecular flexibility index (Phi) is 6.96. The molecule has 0 saturated heterocycles. The highest BCUT2D eigenvalue weighted by Gasteiger charge is 2.10. The molecule has 2 aromatic carbocycles. The highest BCUT2D eigenvalue weighted by molar-refractivity contribution is 7.98. The Morgan fingerprint density at radius 2 is 1.92 bits per heavy atom. The third kappa shape index (κ3) is 5.79. The lowest BCUT2D eigenvalue weighted by Gasteiger charge is -2.10. The highest BCUT2D eigenvalue weighted by Crippen LogP contribution is 2.24. The first-order chi connectivity index (χ1) is 11.6. The minimum atomic E-state index is -0.636. The summed E-state index contributed by atoms with van der Waals surface area (Å²) in [5.41, 5.74) is 0.682.